The number of para-hydroxylation sites is 1. The van der Waals surface area contributed by atoms with E-state index in [0.29, 0.717) is 10.7 Å². The summed E-state index contributed by atoms with van der Waals surface area (Å²) in [6, 6.07) is 21.1. The molecule has 0 bridgehead atoms. The Balaban J connectivity index is 1.57. The Hall–Kier alpha value is -3.75. The van der Waals surface area contributed by atoms with Gasteiger partial charge in [-0.2, -0.15) is 0 Å². The average molecular weight is 450 g/mol. The molecule has 0 aliphatic carbocycles. The van der Waals surface area contributed by atoms with Crippen LogP contribution in [0.1, 0.15) is 11.6 Å². The molecule has 2 heterocycles. The van der Waals surface area contributed by atoms with Gasteiger partial charge in [0.1, 0.15) is 5.92 Å². The third-order valence-corrected chi connectivity index (χ3v) is 5.89. The molecule has 9 heteroatoms. The zero-order chi connectivity index (χ0) is 22.4. The van der Waals surface area contributed by atoms with Crippen LogP contribution in [0, 0.1) is 16.0 Å². The van der Waals surface area contributed by atoms with Gasteiger partial charge in [0.05, 0.1) is 22.3 Å². The number of non-ortho nitro benzene ring substituents is 1. The van der Waals surface area contributed by atoms with Gasteiger partial charge in [0.15, 0.2) is 6.10 Å². The van der Waals surface area contributed by atoms with E-state index >= 15 is 0 Å². The molecule has 3 atom stereocenters. The molecule has 2 amide bonds. The highest BCUT2D eigenvalue weighted by Gasteiger charge is 2.60. The number of imide groups is 1. The molecule has 3 unspecified atom stereocenters. The van der Waals surface area contributed by atoms with Crippen LogP contribution in [-0.2, 0) is 14.4 Å². The number of halogens is 1. The number of amides is 2. The highest BCUT2D eigenvalue weighted by Crippen LogP contribution is 2.47. The zero-order valence-corrected chi connectivity index (χ0v) is 17.3. The number of benzene rings is 3. The van der Waals surface area contributed by atoms with Gasteiger partial charge in [-0.15, -0.1) is 0 Å². The summed E-state index contributed by atoms with van der Waals surface area (Å²) >= 11 is 6.05. The lowest BCUT2D eigenvalue weighted by Crippen LogP contribution is -2.37. The van der Waals surface area contributed by atoms with Gasteiger partial charge in [0.25, 0.3) is 11.6 Å². The molecule has 0 N–H and O–H groups in total. The summed E-state index contributed by atoms with van der Waals surface area (Å²) in [4.78, 5) is 44.4. The number of carbonyl (C=O) groups excluding carboxylic acids is 2. The summed E-state index contributed by atoms with van der Waals surface area (Å²) in [5, 5.41) is 13.3. The normalized spacial score (nSPS) is 22.3. The quantitative estimate of drug-likeness (QED) is 0.335. The van der Waals surface area contributed by atoms with Crippen LogP contribution in [-0.4, -0.2) is 22.8 Å². The van der Waals surface area contributed by atoms with Crippen molar-refractivity contribution in [3.05, 3.63) is 99.6 Å². The van der Waals surface area contributed by atoms with Crippen LogP contribution < -0.4 is 9.96 Å². The van der Waals surface area contributed by atoms with Gasteiger partial charge in [0.2, 0.25) is 5.91 Å². The van der Waals surface area contributed by atoms with Crippen LogP contribution in [0.2, 0.25) is 5.02 Å². The number of carbonyl (C=O) groups is 2. The molecule has 160 valence electrons. The number of nitro benzene ring substituents is 1. The van der Waals surface area contributed by atoms with Crippen molar-refractivity contribution in [1.29, 1.82) is 0 Å². The van der Waals surface area contributed by atoms with E-state index in [1.807, 2.05) is 30.3 Å². The molecule has 2 saturated heterocycles. The summed E-state index contributed by atoms with van der Waals surface area (Å²) in [6.45, 7) is 0. The Bertz CT molecular complexity index is 1220. The standard InChI is InChI=1S/C23H16ClN3O5/c24-15-11-9-14(10-12-15)20-19-21(32-26(20)16-5-2-1-3-6-16)23(29)25(22(19)28)17-7-4-8-18(13-17)27(30)31/h1-13,19-21H. The third kappa shape index (κ3) is 3.21. The fourth-order valence-electron chi connectivity index (χ4n) is 4.21. The van der Waals surface area contributed by atoms with Crippen molar-refractivity contribution in [3.8, 4) is 0 Å². The van der Waals surface area contributed by atoms with Crippen molar-refractivity contribution in [2.24, 2.45) is 5.92 Å². The van der Waals surface area contributed by atoms with Gasteiger partial charge in [-0.05, 0) is 35.9 Å². The molecule has 0 saturated carbocycles. The monoisotopic (exact) mass is 449 g/mol. The Morgan fingerprint density at radius 1 is 0.875 bits per heavy atom. The first-order valence-electron chi connectivity index (χ1n) is 9.84. The molecule has 32 heavy (non-hydrogen) atoms. The molecule has 2 fully saturated rings. The minimum absolute atomic E-state index is 0.147. The molecule has 5 rings (SSSR count). The van der Waals surface area contributed by atoms with Gasteiger partial charge in [-0.25, -0.2) is 9.96 Å². The molecular formula is C23H16ClN3O5. The summed E-state index contributed by atoms with van der Waals surface area (Å²) < 4.78 is 0. The smallest absolute Gasteiger partial charge is 0.271 e. The minimum Gasteiger partial charge on any atom is -0.273 e. The van der Waals surface area contributed by atoms with E-state index in [0.717, 1.165) is 10.5 Å². The first-order chi connectivity index (χ1) is 15.5. The van der Waals surface area contributed by atoms with Gasteiger partial charge in [0, 0.05) is 17.2 Å². The Labute approximate surface area is 187 Å². The summed E-state index contributed by atoms with van der Waals surface area (Å²) in [5.41, 5.74) is 1.40. The molecule has 8 nitrogen and oxygen atoms in total. The highest BCUT2D eigenvalue weighted by molar-refractivity contribution is 6.30. The fraction of sp³-hybridized carbons (Fsp3) is 0.130. The number of fused-ring (bicyclic) bond motifs is 1. The predicted molar refractivity (Wildman–Crippen MR) is 117 cm³/mol. The van der Waals surface area contributed by atoms with Crippen molar-refractivity contribution < 1.29 is 19.3 Å². The van der Waals surface area contributed by atoms with Crippen LogP contribution in [0.5, 0.6) is 0 Å². The van der Waals surface area contributed by atoms with Crippen molar-refractivity contribution in [2.75, 3.05) is 9.96 Å². The number of hydrogen-bond acceptors (Lipinski definition) is 6. The van der Waals surface area contributed by atoms with E-state index < -0.39 is 34.8 Å². The van der Waals surface area contributed by atoms with Crippen LogP contribution in [0.15, 0.2) is 78.9 Å². The molecule has 2 aliphatic rings. The van der Waals surface area contributed by atoms with Gasteiger partial charge in [-0.3, -0.25) is 24.5 Å². The molecule has 0 radical (unpaired) electrons. The third-order valence-electron chi connectivity index (χ3n) is 5.64. The van der Waals surface area contributed by atoms with Gasteiger partial charge >= 0.3 is 0 Å². The van der Waals surface area contributed by atoms with Crippen molar-refractivity contribution in [2.45, 2.75) is 12.1 Å². The molecule has 2 aliphatic heterocycles. The summed E-state index contributed by atoms with van der Waals surface area (Å²) in [5.74, 6) is -1.86. The molecule has 3 aromatic rings. The Kier molecular flexibility index (Phi) is 4.88. The number of hydroxylamine groups is 1. The molecular weight excluding hydrogens is 434 g/mol. The Morgan fingerprint density at radius 2 is 1.56 bits per heavy atom. The van der Waals surface area contributed by atoms with E-state index in [9.17, 15) is 19.7 Å². The second kappa shape index (κ2) is 7.74. The lowest BCUT2D eigenvalue weighted by Gasteiger charge is -2.28. The van der Waals surface area contributed by atoms with E-state index in [-0.39, 0.29) is 11.4 Å². The topological polar surface area (TPSA) is 93.0 Å². The lowest BCUT2D eigenvalue weighted by atomic mass is 9.90. The van der Waals surface area contributed by atoms with Gasteiger partial charge < -0.3 is 0 Å². The lowest BCUT2D eigenvalue weighted by molar-refractivity contribution is -0.384. The van der Waals surface area contributed by atoms with Crippen molar-refractivity contribution in [1.82, 2.24) is 0 Å². The number of rotatable bonds is 4. The van der Waals surface area contributed by atoms with Crippen molar-refractivity contribution >= 4 is 40.5 Å². The van der Waals surface area contributed by atoms with Crippen molar-refractivity contribution in [3.63, 3.8) is 0 Å². The number of nitro groups is 1. The summed E-state index contributed by atoms with van der Waals surface area (Å²) in [7, 11) is 0. The number of nitrogens with zero attached hydrogens (tertiary/aromatic N) is 3. The maximum atomic E-state index is 13.5. The average Bonchev–Trinajstić information content (AvgIpc) is 3.31. The highest BCUT2D eigenvalue weighted by atomic mass is 35.5. The van der Waals surface area contributed by atoms with Crippen LogP contribution >= 0.6 is 11.6 Å². The predicted octanol–water partition coefficient (Wildman–Crippen LogP) is 4.30. The van der Waals surface area contributed by atoms with Gasteiger partial charge in [-0.1, -0.05) is 48.0 Å². The second-order valence-electron chi connectivity index (χ2n) is 7.50. The maximum absolute atomic E-state index is 13.5. The minimum atomic E-state index is -1.05. The fourth-order valence-corrected chi connectivity index (χ4v) is 4.34. The zero-order valence-electron chi connectivity index (χ0n) is 16.5. The molecule has 0 aromatic heterocycles. The maximum Gasteiger partial charge on any atom is 0.271 e. The first kappa shape index (κ1) is 20.2. The summed E-state index contributed by atoms with van der Waals surface area (Å²) in [6.07, 6.45) is -1.05. The molecule has 3 aromatic carbocycles. The number of hydrogen-bond donors (Lipinski definition) is 0. The van der Waals surface area contributed by atoms with Crippen LogP contribution in [0.3, 0.4) is 0 Å². The number of anilines is 2. The largest absolute Gasteiger partial charge is 0.273 e. The second-order valence-corrected chi connectivity index (χ2v) is 7.93. The van der Waals surface area contributed by atoms with E-state index in [4.69, 9.17) is 16.4 Å². The van der Waals surface area contributed by atoms with Crippen LogP contribution in [0.4, 0.5) is 17.1 Å². The van der Waals surface area contributed by atoms with Crippen LogP contribution in [0.25, 0.3) is 0 Å². The SMILES string of the molecule is O=C1C2ON(c3ccccc3)C(c3ccc(Cl)cc3)C2C(=O)N1c1cccc([N+](=O)[O-])c1. The first-order valence-corrected chi connectivity index (χ1v) is 10.2. The van der Waals surface area contributed by atoms with E-state index in [1.54, 1.807) is 29.3 Å². The van der Waals surface area contributed by atoms with E-state index in [1.165, 1.54) is 24.3 Å². The van der Waals surface area contributed by atoms with E-state index in [2.05, 4.69) is 0 Å². The Morgan fingerprint density at radius 3 is 2.25 bits per heavy atom. The molecule has 0 spiro atoms.